The highest BCUT2D eigenvalue weighted by molar-refractivity contribution is 5.43. The van der Waals surface area contributed by atoms with E-state index in [2.05, 4.69) is 17.1 Å². The molecule has 1 aromatic heterocycles. The van der Waals surface area contributed by atoms with Gasteiger partial charge in [0.15, 0.2) is 0 Å². The minimum atomic E-state index is 0. The van der Waals surface area contributed by atoms with Crippen molar-refractivity contribution in [3.05, 3.63) is 29.7 Å². The van der Waals surface area contributed by atoms with E-state index in [9.17, 15) is 0 Å². The summed E-state index contributed by atoms with van der Waals surface area (Å²) in [6.07, 6.45) is 4.07. The Kier molecular flexibility index (Phi) is 4.66. The molecule has 0 aliphatic carbocycles. The van der Waals surface area contributed by atoms with Crippen molar-refractivity contribution in [2.24, 2.45) is 0 Å². The molecule has 1 heterocycles. The van der Waals surface area contributed by atoms with Crippen molar-refractivity contribution in [1.29, 1.82) is 0 Å². The number of aromatic nitrogens is 1. The molecular weight excluding hydrogens is 160 g/mol. The molecule has 3 N–H and O–H groups in total. The Morgan fingerprint density at radius 2 is 2.18 bits per heavy atom. The largest absolute Gasteiger partial charge is 1.00 e. The third kappa shape index (κ3) is 3.25. The Hall–Kier alpha value is -0.730. The van der Waals surface area contributed by atoms with E-state index < -0.39 is 0 Å². The average molecular weight is 173 g/mol. The van der Waals surface area contributed by atoms with Crippen LogP contribution in [0.2, 0.25) is 0 Å². The predicted molar refractivity (Wildman–Crippen MR) is 42.4 cm³/mol. The molecule has 0 aliphatic rings. The maximum Gasteiger partial charge on any atom is 0.0944 e. The molecule has 1 aromatic rings. The van der Waals surface area contributed by atoms with Crippen molar-refractivity contribution < 1.29 is 17.7 Å². The zero-order valence-electron chi connectivity index (χ0n) is 6.76. The summed E-state index contributed by atoms with van der Waals surface area (Å²) >= 11 is 0. The van der Waals surface area contributed by atoms with E-state index in [1.54, 1.807) is 0 Å². The molecule has 2 nitrogen and oxygen atoms in total. The zero-order valence-corrected chi connectivity index (χ0v) is 7.52. The quantitative estimate of drug-likeness (QED) is 0.494. The van der Waals surface area contributed by atoms with Crippen LogP contribution < -0.4 is 17.7 Å². The minimum absolute atomic E-state index is 0. The van der Waals surface area contributed by atoms with Gasteiger partial charge in [0, 0.05) is 17.5 Å². The van der Waals surface area contributed by atoms with Gasteiger partial charge in [0.2, 0.25) is 0 Å². The summed E-state index contributed by atoms with van der Waals surface area (Å²) in [5, 5.41) is 2.01. The molecule has 11 heavy (non-hydrogen) atoms. The Bertz CT molecular complexity index is 228. The van der Waals surface area contributed by atoms with Crippen molar-refractivity contribution in [2.75, 3.05) is 7.05 Å². The number of nitrogens with two attached hydrogens (primary N) is 1. The van der Waals surface area contributed by atoms with Crippen LogP contribution in [-0.4, -0.2) is 12.0 Å². The standard InChI is InChI=1S/C8H12N2.ClH/c1-7-3-4-8(10-7)5-6-9-2;/h3-6,9-10H,1-2H3;1H. The summed E-state index contributed by atoms with van der Waals surface area (Å²) in [6.45, 7) is 2.05. The molecule has 0 atom stereocenters. The van der Waals surface area contributed by atoms with Gasteiger partial charge >= 0.3 is 0 Å². The summed E-state index contributed by atoms with van der Waals surface area (Å²) in [5.74, 6) is 0. The molecule has 0 bridgehead atoms. The van der Waals surface area contributed by atoms with Gasteiger partial charge in [0.25, 0.3) is 0 Å². The van der Waals surface area contributed by atoms with Gasteiger partial charge < -0.3 is 22.7 Å². The number of aromatic amines is 1. The molecule has 62 valence electrons. The number of rotatable bonds is 2. The highest BCUT2D eigenvalue weighted by atomic mass is 35.5. The number of halogens is 1. The fourth-order valence-electron chi connectivity index (χ4n) is 0.823. The van der Waals surface area contributed by atoms with E-state index in [4.69, 9.17) is 0 Å². The second-order valence-electron chi connectivity index (χ2n) is 2.29. The summed E-state index contributed by atoms with van der Waals surface area (Å²) in [4.78, 5) is 3.20. The van der Waals surface area contributed by atoms with Gasteiger partial charge in [-0.1, -0.05) is 0 Å². The van der Waals surface area contributed by atoms with E-state index >= 15 is 0 Å². The fourth-order valence-corrected chi connectivity index (χ4v) is 0.823. The van der Waals surface area contributed by atoms with Crippen molar-refractivity contribution in [2.45, 2.75) is 6.92 Å². The Labute approximate surface area is 73.1 Å². The van der Waals surface area contributed by atoms with Crippen molar-refractivity contribution in [3.8, 4) is 0 Å². The maximum absolute atomic E-state index is 3.20. The molecule has 0 aromatic carbocycles. The molecule has 0 unspecified atom stereocenters. The number of H-pyrrole nitrogens is 1. The van der Waals surface area contributed by atoms with Crippen LogP contribution in [0.4, 0.5) is 0 Å². The molecule has 3 heteroatoms. The topological polar surface area (TPSA) is 32.4 Å². The minimum Gasteiger partial charge on any atom is -1.00 e. The van der Waals surface area contributed by atoms with Crippen molar-refractivity contribution >= 4 is 6.08 Å². The first-order chi connectivity index (χ1) is 4.83. The van der Waals surface area contributed by atoms with Crippen LogP contribution >= 0.6 is 0 Å². The van der Waals surface area contributed by atoms with Gasteiger partial charge in [-0.05, 0) is 19.1 Å². The third-order valence-corrected chi connectivity index (χ3v) is 1.32. The third-order valence-electron chi connectivity index (χ3n) is 1.32. The van der Waals surface area contributed by atoms with Gasteiger partial charge in [0.05, 0.1) is 13.2 Å². The molecule has 1 rings (SSSR count). The van der Waals surface area contributed by atoms with Crippen LogP contribution in [0.15, 0.2) is 18.3 Å². The molecular formula is C8H13ClN2. The molecule has 0 saturated heterocycles. The first-order valence-corrected chi connectivity index (χ1v) is 3.44. The Morgan fingerprint density at radius 1 is 1.45 bits per heavy atom. The van der Waals surface area contributed by atoms with Gasteiger partial charge in [-0.2, -0.15) is 0 Å². The van der Waals surface area contributed by atoms with Crippen LogP contribution in [-0.2, 0) is 0 Å². The fraction of sp³-hybridized carbons (Fsp3) is 0.250. The SMILES string of the molecule is C[NH2+]C=Cc1ccc(C)[nH]1.[Cl-]. The summed E-state index contributed by atoms with van der Waals surface area (Å²) in [5.41, 5.74) is 2.37. The lowest BCUT2D eigenvalue weighted by Crippen LogP contribution is -3.00. The van der Waals surface area contributed by atoms with E-state index in [0.717, 1.165) is 5.69 Å². The Balaban J connectivity index is 0.000001000. The van der Waals surface area contributed by atoms with Crippen LogP contribution in [0.3, 0.4) is 0 Å². The van der Waals surface area contributed by atoms with Crippen LogP contribution in [0.5, 0.6) is 0 Å². The second kappa shape index (κ2) is 4.99. The summed E-state index contributed by atoms with van der Waals surface area (Å²) < 4.78 is 0. The van der Waals surface area contributed by atoms with Gasteiger partial charge in [-0.3, -0.25) is 0 Å². The van der Waals surface area contributed by atoms with Crippen molar-refractivity contribution in [3.63, 3.8) is 0 Å². The molecule has 0 saturated carbocycles. The van der Waals surface area contributed by atoms with E-state index in [1.165, 1.54) is 5.69 Å². The second-order valence-corrected chi connectivity index (χ2v) is 2.29. The smallest absolute Gasteiger partial charge is 0.0944 e. The van der Waals surface area contributed by atoms with Gasteiger partial charge in [0.1, 0.15) is 0 Å². The van der Waals surface area contributed by atoms with E-state index in [-0.39, 0.29) is 12.4 Å². The normalized spacial score (nSPS) is 10.0. The van der Waals surface area contributed by atoms with E-state index in [0.29, 0.717) is 0 Å². The molecule has 0 fully saturated rings. The summed E-state index contributed by atoms with van der Waals surface area (Å²) in [6, 6.07) is 4.13. The van der Waals surface area contributed by atoms with Crippen LogP contribution in [0, 0.1) is 6.92 Å². The lowest BCUT2D eigenvalue weighted by atomic mass is 10.4. The maximum atomic E-state index is 3.20. The molecule has 0 spiro atoms. The number of aryl methyl sites for hydroxylation is 1. The van der Waals surface area contributed by atoms with Crippen molar-refractivity contribution in [1.82, 2.24) is 4.98 Å². The Morgan fingerprint density at radius 3 is 2.64 bits per heavy atom. The number of quaternary nitrogens is 1. The number of hydrogen-bond acceptors (Lipinski definition) is 0. The van der Waals surface area contributed by atoms with Crippen LogP contribution in [0.25, 0.3) is 6.08 Å². The van der Waals surface area contributed by atoms with Gasteiger partial charge in [-0.15, -0.1) is 0 Å². The number of hydrogen-bond donors (Lipinski definition) is 2. The lowest BCUT2D eigenvalue weighted by molar-refractivity contribution is -0.555. The molecule has 0 aliphatic heterocycles. The first-order valence-electron chi connectivity index (χ1n) is 3.44. The summed E-state index contributed by atoms with van der Waals surface area (Å²) in [7, 11) is 2.01. The first kappa shape index (κ1) is 10.3. The van der Waals surface area contributed by atoms with Gasteiger partial charge in [-0.25, -0.2) is 0 Å². The highest BCUT2D eigenvalue weighted by Crippen LogP contribution is 2.00. The van der Waals surface area contributed by atoms with Crippen LogP contribution in [0.1, 0.15) is 11.4 Å². The molecule has 0 radical (unpaired) electrons. The predicted octanol–water partition coefficient (Wildman–Crippen LogP) is -2.51. The number of nitrogens with one attached hydrogen (secondary N) is 1. The van der Waals surface area contributed by atoms with E-state index in [1.807, 2.05) is 31.6 Å². The lowest BCUT2D eigenvalue weighted by Gasteiger charge is -1.82. The monoisotopic (exact) mass is 172 g/mol. The average Bonchev–Trinajstić information content (AvgIpc) is 2.31. The molecule has 0 amide bonds. The highest BCUT2D eigenvalue weighted by Gasteiger charge is 1.87. The zero-order chi connectivity index (χ0) is 7.40.